The number of amides is 2. The predicted molar refractivity (Wildman–Crippen MR) is 94.7 cm³/mol. The number of hydrogen-bond donors (Lipinski definition) is 2. The first-order chi connectivity index (χ1) is 12.0. The lowest BCUT2D eigenvalue weighted by molar-refractivity contribution is -0.136. The van der Waals surface area contributed by atoms with Gasteiger partial charge in [-0.25, -0.2) is 4.79 Å². The number of carbonyl (C=O) groups excluding carboxylic acids is 2. The molecule has 0 aliphatic carbocycles. The van der Waals surface area contributed by atoms with E-state index in [4.69, 9.17) is 9.52 Å². The van der Waals surface area contributed by atoms with Crippen molar-refractivity contribution in [1.29, 1.82) is 0 Å². The number of hydrogen-bond acceptors (Lipinski definition) is 5. The Balaban J connectivity index is 1.74. The number of aromatic carboxylic acids is 1. The molecule has 2 heterocycles. The molecule has 25 heavy (non-hydrogen) atoms. The largest absolute Gasteiger partial charge is 0.475 e. The number of thioether (sulfide) groups is 1. The number of fused-ring (bicyclic) bond motifs is 1. The fourth-order valence-corrected chi connectivity index (χ4v) is 3.90. The normalized spacial score (nSPS) is 17.0. The molecule has 8 heteroatoms. The molecule has 2 N–H and O–H groups in total. The zero-order valence-corrected chi connectivity index (χ0v) is 14.5. The summed E-state index contributed by atoms with van der Waals surface area (Å²) in [6, 6.07) is 5.84. The molecule has 2 amide bonds. The lowest BCUT2D eigenvalue weighted by Gasteiger charge is -2.23. The SMILES string of the molecule is CCCC(=O)N1CSCC1C(=O)Nc1ccc2oc(C(=O)O)cc2c1. The second-order valence-corrected chi connectivity index (χ2v) is 6.79. The fourth-order valence-electron chi connectivity index (χ4n) is 2.72. The van der Waals surface area contributed by atoms with E-state index < -0.39 is 12.0 Å². The molecule has 1 aliphatic heterocycles. The third kappa shape index (κ3) is 3.63. The standard InChI is InChI=1S/C17H18N2O5S/c1-2-3-15(20)19-9-25-8-12(19)16(21)18-11-4-5-13-10(6-11)7-14(24-13)17(22)23/h4-7,12H,2-3,8-9H2,1H3,(H,18,21)(H,22,23). The average Bonchev–Trinajstić information content (AvgIpc) is 3.21. The monoisotopic (exact) mass is 362 g/mol. The van der Waals surface area contributed by atoms with E-state index in [0.717, 1.165) is 6.42 Å². The molecule has 1 aromatic heterocycles. The molecule has 132 valence electrons. The molecule has 3 rings (SSSR count). The molecule has 1 aromatic carbocycles. The second kappa shape index (κ2) is 7.18. The topological polar surface area (TPSA) is 99.9 Å². The summed E-state index contributed by atoms with van der Waals surface area (Å²) in [6.45, 7) is 1.93. The van der Waals surface area contributed by atoms with Gasteiger partial charge in [-0.3, -0.25) is 9.59 Å². The van der Waals surface area contributed by atoms with E-state index in [0.29, 0.717) is 34.7 Å². The maximum atomic E-state index is 12.5. The molecule has 1 fully saturated rings. The Morgan fingerprint density at radius 3 is 2.88 bits per heavy atom. The van der Waals surface area contributed by atoms with E-state index >= 15 is 0 Å². The first-order valence-electron chi connectivity index (χ1n) is 7.94. The summed E-state index contributed by atoms with van der Waals surface area (Å²) in [5.41, 5.74) is 0.974. The van der Waals surface area contributed by atoms with Crippen molar-refractivity contribution in [2.75, 3.05) is 16.9 Å². The van der Waals surface area contributed by atoms with Crippen LogP contribution in [0.4, 0.5) is 5.69 Å². The Morgan fingerprint density at radius 1 is 1.36 bits per heavy atom. The zero-order chi connectivity index (χ0) is 18.0. The quantitative estimate of drug-likeness (QED) is 0.848. The van der Waals surface area contributed by atoms with Gasteiger partial charge in [-0.15, -0.1) is 11.8 Å². The molecule has 2 aromatic rings. The highest BCUT2D eigenvalue weighted by atomic mass is 32.2. The van der Waals surface area contributed by atoms with Crippen LogP contribution in [0.2, 0.25) is 0 Å². The van der Waals surface area contributed by atoms with Crippen LogP contribution in [-0.4, -0.2) is 45.5 Å². The van der Waals surface area contributed by atoms with Gasteiger partial charge in [-0.2, -0.15) is 0 Å². The number of furan rings is 1. The Bertz CT molecular complexity index is 832. The summed E-state index contributed by atoms with van der Waals surface area (Å²) in [5.74, 6) is -0.449. The maximum absolute atomic E-state index is 12.5. The van der Waals surface area contributed by atoms with Gasteiger partial charge in [0.25, 0.3) is 0 Å². The zero-order valence-electron chi connectivity index (χ0n) is 13.7. The number of carboxylic acids is 1. The van der Waals surface area contributed by atoms with Crippen LogP contribution in [0, 0.1) is 0 Å². The van der Waals surface area contributed by atoms with Crippen LogP contribution < -0.4 is 5.32 Å². The lowest BCUT2D eigenvalue weighted by atomic mass is 10.2. The van der Waals surface area contributed by atoms with Gasteiger partial charge in [0, 0.05) is 23.2 Å². The molecular weight excluding hydrogens is 344 g/mol. The van der Waals surface area contributed by atoms with Crippen molar-refractivity contribution < 1.29 is 23.9 Å². The number of nitrogens with zero attached hydrogens (tertiary/aromatic N) is 1. The minimum atomic E-state index is -1.14. The van der Waals surface area contributed by atoms with E-state index in [-0.39, 0.29) is 17.6 Å². The van der Waals surface area contributed by atoms with E-state index in [1.165, 1.54) is 6.07 Å². The smallest absolute Gasteiger partial charge is 0.371 e. The Kier molecular flexibility index (Phi) is 4.98. The van der Waals surface area contributed by atoms with Crippen LogP contribution in [0.1, 0.15) is 30.3 Å². The highest BCUT2D eigenvalue weighted by Crippen LogP contribution is 2.26. The molecule has 0 bridgehead atoms. The Morgan fingerprint density at radius 2 is 2.16 bits per heavy atom. The summed E-state index contributed by atoms with van der Waals surface area (Å²) in [6.07, 6.45) is 1.18. The summed E-state index contributed by atoms with van der Waals surface area (Å²) < 4.78 is 5.20. The predicted octanol–water partition coefficient (Wildman–Crippen LogP) is 2.77. The molecule has 1 atom stereocenters. The van der Waals surface area contributed by atoms with Crippen LogP contribution in [0.15, 0.2) is 28.7 Å². The van der Waals surface area contributed by atoms with Gasteiger partial charge in [0.05, 0.1) is 5.88 Å². The molecule has 7 nitrogen and oxygen atoms in total. The highest BCUT2D eigenvalue weighted by molar-refractivity contribution is 7.99. The number of carboxylic acid groups (broad SMARTS) is 1. The minimum Gasteiger partial charge on any atom is -0.475 e. The van der Waals surface area contributed by atoms with Gasteiger partial charge in [-0.05, 0) is 30.7 Å². The average molecular weight is 362 g/mol. The van der Waals surface area contributed by atoms with Gasteiger partial charge in [0.15, 0.2) is 0 Å². The molecule has 1 unspecified atom stereocenters. The van der Waals surface area contributed by atoms with Crippen molar-refractivity contribution in [3.63, 3.8) is 0 Å². The molecular formula is C17H18N2O5S. The second-order valence-electron chi connectivity index (χ2n) is 5.79. The third-order valence-electron chi connectivity index (χ3n) is 3.96. The molecule has 1 aliphatic rings. The van der Waals surface area contributed by atoms with Crippen LogP contribution in [0.25, 0.3) is 11.0 Å². The Hall–Kier alpha value is -2.48. The van der Waals surface area contributed by atoms with Gasteiger partial charge in [0.1, 0.15) is 11.6 Å². The van der Waals surface area contributed by atoms with Gasteiger partial charge in [-0.1, -0.05) is 6.92 Å². The molecule has 0 radical (unpaired) electrons. The van der Waals surface area contributed by atoms with Crippen molar-refractivity contribution in [3.8, 4) is 0 Å². The maximum Gasteiger partial charge on any atom is 0.371 e. The molecule has 0 spiro atoms. The summed E-state index contributed by atoms with van der Waals surface area (Å²) in [7, 11) is 0. The molecule has 0 saturated carbocycles. The minimum absolute atomic E-state index is 0.0102. The van der Waals surface area contributed by atoms with Crippen molar-refractivity contribution >= 4 is 46.2 Å². The number of benzene rings is 1. The van der Waals surface area contributed by atoms with Crippen LogP contribution in [0.5, 0.6) is 0 Å². The van der Waals surface area contributed by atoms with Crippen LogP contribution in [-0.2, 0) is 9.59 Å². The van der Waals surface area contributed by atoms with Crippen LogP contribution >= 0.6 is 11.8 Å². The third-order valence-corrected chi connectivity index (χ3v) is 4.98. The lowest BCUT2D eigenvalue weighted by Crippen LogP contribution is -2.44. The van der Waals surface area contributed by atoms with E-state index in [1.807, 2.05) is 6.92 Å². The number of carbonyl (C=O) groups is 3. The first kappa shape index (κ1) is 17.3. The van der Waals surface area contributed by atoms with Gasteiger partial charge in [0.2, 0.25) is 17.6 Å². The van der Waals surface area contributed by atoms with Crippen LogP contribution in [0.3, 0.4) is 0 Å². The van der Waals surface area contributed by atoms with Crippen molar-refractivity contribution in [3.05, 3.63) is 30.0 Å². The number of anilines is 1. The van der Waals surface area contributed by atoms with Crippen molar-refractivity contribution in [2.24, 2.45) is 0 Å². The first-order valence-corrected chi connectivity index (χ1v) is 9.10. The fraction of sp³-hybridized carbons (Fsp3) is 0.353. The molecule has 1 saturated heterocycles. The summed E-state index contributed by atoms with van der Waals surface area (Å²) in [5, 5.41) is 12.4. The Labute approximate surface area is 148 Å². The summed E-state index contributed by atoms with van der Waals surface area (Å²) >= 11 is 1.56. The van der Waals surface area contributed by atoms with E-state index in [2.05, 4.69) is 5.32 Å². The number of nitrogens with one attached hydrogen (secondary N) is 1. The highest BCUT2D eigenvalue weighted by Gasteiger charge is 2.34. The van der Waals surface area contributed by atoms with E-state index in [1.54, 1.807) is 34.9 Å². The van der Waals surface area contributed by atoms with Gasteiger partial charge < -0.3 is 19.7 Å². The summed E-state index contributed by atoms with van der Waals surface area (Å²) in [4.78, 5) is 37.2. The number of rotatable bonds is 5. The van der Waals surface area contributed by atoms with Crippen molar-refractivity contribution in [2.45, 2.75) is 25.8 Å². The van der Waals surface area contributed by atoms with Crippen molar-refractivity contribution in [1.82, 2.24) is 4.90 Å². The van der Waals surface area contributed by atoms with Gasteiger partial charge >= 0.3 is 5.97 Å². The van der Waals surface area contributed by atoms with E-state index in [9.17, 15) is 14.4 Å².